The SMILES string of the molecule is Fc1ccc2nc(CCl)n(-c3ccccc3)c2c1F. The lowest BCUT2D eigenvalue weighted by Crippen LogP contribution is -2.01. The highest BCUT2D eigenvalue weighted by atomic mass is 35.5. The maximum atomic E-state index is 14.0. The predicted molar refractivity (Wildman–Crippen MR) is 70.5 cm³/mol. The van der Waals surface area contributed by atoms with Crippen LogP contribution in [0, 0.1) is 11.6 Å². The quantitative estimate of drug-likeness (QED) is 0.647. The molecule has 0 N–H and O–H groups in total. The zero-order valence-corrected chi connectivity index (χ0v) is 10.5. The summed E-state index contributed by atoms with van der Waals surface area (Å²) in [5.41, 5.74) is 1.20. The summed E-state index contributed by atoms with van der Waals surface area (Å²) in [6.07, 6.45) is 0. The van der Waals surface area contributed by atoms with Gasteiger partial charge in [-0.05, 0) is 24.3 Å². The van der Waals surface area contributed by atoms with E-state index in [0.717, 1.165) is 6.07 Å². The number of hydrogen-bond acceptors (Lipinski definition) is 1. The van der Waals surface area contributed by atoms with Gasteiger partial charge in [0.25, 0.3) is 0 Å². The van der Waals surface area contributed by atoms with Gasteiger partial charge in [-0.2, -0.15) is 0 Å². The van der Waals surface area contributed by atoms with Crippen molar-refractivity contribution in [2.24, 2.45) is 0 Å². The monoisotopic (exact) mass is 278 g/mol. The van der Waals surface area contributed by atoms with E-state index in [1.807, 2.05) is 18.2 Å². The number of hydrogen-bond donors (Lipinski definition) is 0. The van der Waals surface area contributed by atoms with E-state index in [0.29, 0.717) is 17.0 Å². The van der Waals surface area contributed by atoms with Gasteiger partial charge in [-0.15, -0.1) is 11.6 Å². The number of para-hydroxylation sites is 1. The molecule has 0 aliphatic heterocycles. The summed E-state index contributed by atoms with van der Waals surface area (Å²) in [5, 5.41) is 0. The van der Waals surface area contributed by atoms with Crippen LogP contribution in [-0.4, -0.2) is 9.55 Å². The van der Waals surface area contributed by atoms with Crippen molar-refractivity contribution < 1.29 is 8.78 Å². The summed E-state index contributed by atoms with van der Waals surface area (Å²) in [6, 6.07) is 11.6. The molecular formula is C14H9ClF2N2. The summed E-state index contributed by atoms with van der Waals surface area (Å²) in [4.78, 5) is 4.23. The van der Waals surface area contributed by atoms with Crippen LogP contribution in [0.3, 0.4) is 0 Å². The lowest BCUT2D eigenvalue weighted by molar-refractivity contribution is 0.514. The molecule has 0 saturated carbocycles. The van der Waals surface area contributed by atoms with E-state index in [-0.39, 0.29) is 11.4 Å². The van der Waals surface area contributed by atoms with Crippen LogP contribution in [0.2, 0.25) is 0 Å². The third kappa shape index (κ3) is 1.88. The molecule has 0 aliphatic rings. The van der Waals surface area contributed by atoms with Gasteiger partial charge < -0.3 is 0 Å². The minimum Gasteiger partial charge on any atom is -0.293 e. The first-order valence-corrected chi connectivity index (χ1v) is 6.22. The lowest BCUT2D eigenvalue weighted by Gasteiger charge is -2.08. The van der Waals surface area contributed by atoms with Gasteiger partial charge in [0.15, 0.2) is 11.6 Å². The summed E-state index contributed by atoms with van der Waals surface area (Å²) in [7, 11) is 0. The third-order valence-corrected chi connectivity index (χ3v) is 3.15. The molecule has 2 aromatic carbocycles. The van der Waals surface area contributed by atoms with Gasteiger partial charge >= 0.3 is 0 Å². The van der Waals surface area contributed by atoms with Gasteiger partial charge in [0.2, 0.25) is 0 Å². The Morgan fingerprint density at radius 2 is 1.79 bits per heavy atom. The third-order valence-electron chi connectivity index (χ3n) is 2.91. The van der Waals surface area contributed by atoms with Crippen molar-refractivity contribution >= 4 is 22.6 Å². The number of alkyl halides is 1. The molecule has 0 amide bonds. The van der Waals surface area contributed by atoms with Gasteiger partial charge in [-0.3, -0.25) is 4.57 Å². The second-order valence-electron chi connectivity index (χ2n) is 4.06. The highest BCUT2D eigenvalue weighted by Gasteiger charge is 2.17. The fraction of sp³-hybridized carbons (Fsp3) is 0.0714. The molecule has 0 atom stereocenters. The fourth-order valence-corrected chi connectivity index (χ4v) is 2.27. The number of imidazole rings is 1. The Bertz CT molecular complexity index is 738. The molecule has 3 aromatic rings. The summed E-state index contributed by atoms with van der Waals surface area (Å²) in [5.74, 6) is -1.21. The molecule has 0 aliphatic carbocycles. The Balaban J connectivity index is 2.42. The van der Waals surface area contributed by atoms with Crippen LogP contribution in [0.1, 0.15) is 5.82 Å². The number of halogens is 3. The number of fused-ring (bicyclic) bond motifs is 1. The Morgan fingerprint density at radius 1 is 1.05 bits per heavy atom. The molecule has 1 heterocycles. The Kier molecular flexibility index (Phi) is 2.95. The van der Waals surface area contributed by atoms with Crippen molar-refractivity contribution in [2.45, 2.75) is 5.88 Å². The molecule has 0 spiro atoms. The van der Waals surface area contributed by atoms with Crippen LogP contribution in [0.15, 0.2) is 42.5 Å². The molecule has 19 heavy (non-hydrogen) atoms. The van der Waals surface area contributed by atoms with E-state index < -0.39 is 11.6 Å². The second-order valence-corrected chi connectivity index (χ2v) is 4.33. The average molecular weight is 279 g/mol. The van der Waals surface area contributed by atoms with Crippen LogP contribution >= 0.6 is 11.6 Å². The van der Waals surface area contributed by atoms with E-state index >= 15 is 0 Å². The van der Waals surface area contributed by atoms with Gasteiger partial charge in [-0.1, -0.05) is 18.2 Å². The second kappa shape index (κ2) is 4.63. The van der Waals surface area contributed by atoms with Crippen molar-refractivity contribution in [1.82, 2.24) is 9.55 Å². The Hall–Kier alpha value is -1.94. The van der Waals surface area contributed by atoms with Crippen LogP contribution in [0.5, 0.6) is 0 Å². The first-order valence-electron chi connectivity index (χ1n) is 5.69. The average Bonchev–Trinajstić information content (AvgIpc) is 2.83. The van der Waals surface area contributed by atoms with Gasteiger partial charge in [0.1, 0.15) is 11.3 Å². The molecule has 0 fully saturated rings. The highest BCUT2D eigenvalue weighted by molar-refractivity contribution is 6.17. The molecule has 0 radical (unpaired) electrons. The highest BCUT2D eigenvalue weighted by Crippen LogP contribution is 2.26. The molecule has 5 heteroatoms. The number of benzene rings is 2. The Morgan fingerprint density at radius 3 is 2.47 bits per heavy atom. The largest absolute Gasteiger partial charge is 0.293 e. The molecule has 0 saturated heterocycles. The number of nitrogens with zero attached hydrogens (tertiary/aromatic N) is 2. The molecule has 3 rings (SSSR count). The predicted octanol–water partition coefficient (Wildman–Crippen LogP) is 4.04. The van der Waals surface area contributed by atoms with Gasteiger partial charge in [0.05, 0.1) is 11.4 Å². The zero-order valence-electron chi connectivity index (χ0n) is 9.78. The van der Waals surface area contributed by atoms with Crippen molar-refractivity contribution in [3.05, 3.63) is 59.9 Å². The lowest BCUT2D eigenvalue weighted by atomic mass is 10.2. The van der Waals surface area contributed by atoms with Crippen molar-refractivity contribution in [1.29, 1.82) is 0 Å². The molecule has 0 bridgehead atoms. The summed E-state index contributed by atoms with van der Waals surface area (Å²) >= 11 is 5.85. The van der Waals surface area contributed by atoms with E-state index in [1.165, 1.54) is 6.07 Å². The van der Waals surface area contributed by atoms with Crippen molar-refractivity contribution in [2.75, 3.05) is 0 Å². The standard InChI is InChI=1S/C14H9ClF2N2/c15-8-12-18-11-7-6-10(16)13(17)14(11)19(12)9-4-2-1-3-5-9/h1-7H,8H2. The molecule has 96 valence electrons. The Labute approximate surface area is 113 Å². The topological polar surface area (TPSA) is 17.8 Å². The molecular weight excluding hydrogens is 270 g/mol. The van der Waals surface area contributed by atoms with E-state index in [9.17, 15) is 8.78 Å². The minimum absolute atomic E-state index is 0.113. The van der Waals surface area contributed by atoms with Gasteiger partial charge in [-0.25, -0.2) is 13.8 Å². The van der Waals surface area contributed by atoms with Crippen LogP contribution < -0.4 is 0 Å². The maximum absolute atomic E-state index is 14.0. The van der Waals surface area contributed by atoms with E-state index in [4.69, 9.17) is 11.6 Å². The van der Waals surface area contributed by atoms with Crippen LogP contribution in [0.25, 0.3) is 16.7 Å². The fourth-order valence-electron chi connectivity index (χ4n) is 2.10. The zero-order chi connectivity index (χ0) is 13.4. The molecule has 2 nitrogen and oxygen atoms in total. The van der Waals surface area contributed by atoms with E-state index in [2.05, 4.69) is 4.98 Å². The first-order chi connectivity index (χ1) is 9.22. The molecule has 1 aromatic heterocycles. The first kappa shape index (κ1) is 12.1. The summed E-state index contributed by atoms with van der Waals surface area (Å²) < 4.78 is 29.0. The van der Waals surface area contributed by atoms with Crippen molar-refractivity contribution in [3.8, 4) is 5.69 Å². The maximum Gasteiger partial charge on any atom is 0.185 e. The van der Waals surface area contributed by atoms with Crippen LogP contribution in [0.4, 0.5) is 8.78 Å². The minimum atomic E-state index is -0.912. The van der Waals surface area contributed by atoms with Gasteiger partial charge in [0, 0.05) is 5.69 Å². The summed E-state index contributed by atoms with van der Waals surface area (Å²) in [6.45, 7) is 0. The normalized spacial score (nSPS) is 11.1. The van der Waals surface area contributed by atoms with E-state index in [1.54, 1.807) is 16.7 Å². The number of aromatic nitrogens is 2. The molecule has 0 unspecified atom stereocenters. The van der Waals surface area contributed by atoms with Crippen molar-refractivity contribution in [3.63, 3.8) is 0 Å². The number of rotatable bonds is 2. The smallest absolute Gasteiger partial charge is 0.185 e. The van der Waals surface area contributed by atoms with Crippen LogP contribution in [-0.2, 0) is 5.88 Å².